The summed E-state index contributed by atoms with van der Waals surface area (Å²) in [5.41, 5.74) is 1.09. The standard InChI is InChI=1S/C12H16ClN3/c1-15-6-8-16(9-7-15)14-10-11-2-4-12(13)5-3-11/h2-5,10H,6-9H2,1H3/b14-10+. The van der Waals surface area contributed by atoms with Gasteiger partial charge in [0.1, 0.15) is 0 Å². The molecule has 0 saturated carbocycles. The number of halogens is 1. The van der Waals surface area contributed by atoms with Crippen LogP contribution in [0.2, 0.25) is 5.02 Å². The predicted molar refractivity (Wildman–Crippen MR) is 68.1 cm³/mol. The van der Waals surface area contributed by atoms with Crippen molar-refractivity contribution in [1.82, 2.24) is 9.91 Å². The van der Waals surface area contributed by atoms with E-state index in [1.54, 1.807) is 0 Å². The van der Waals surface area contributed by atoms with Gasteiger partial charge in [0.15, 0.2) is 0 Å². The fourth-order valence-electron chi connectivity index (χ4n) is 1.61. The number of hydrazone groups is 1. The van der Waals surface area contributed by atoms with E-state index in [-0.39, 0.29) is 0 Å². The lowest BCUT2D eigenvalue weighted by molar-refractivity contribution is 0.159. The number of benzene rings is 1. The quantitative estimate of drug-likeness (QED) is 0.732. The largest absolute Gasteiger partial charge is 0.303 e. The van der Waals surface area contributed by atoms with Crippen molar-refractivity contribution in [1.29, 1.82) is 0 Å². The summed E-state index contributed by atoms with van der Waals surface area (Å²) in [7, 11) is 2.14. The van der Waals surface area contributed by atoms with Crippen LogP contribution in [0.25, 0.3) is 0 Å². The summed E-state index contributed by atoms with van der Waals surface area (Å²) in [5, 5.41) is 7.32. The second-order valence-electron chi connectivity index (χ2n) is 4.05. The average molecular weight is 238 g/mol. The third kappa shape index (κ3) is 3.22. The summed E-state index contributed by atoms with van der Waals surface area (Å²) in [4.78, 5) is 2.31. The van der Waals surface area contributed by atoms with Gasteiger partial charge in [-0.1, -0.05) is 23.7 Å². The van der Waals surface area contributed by atoms with Gasteiger partial charge in [-0.05, 0) is 24.7 Å². The number of hydrogen-bond donors (Lipinski definition) is 0. The predicted octanol–water partition coefficient (Wildman–Crippen LogP) is 1.92. The summed E-state index contributed by atoms with van der Waals surface area (Å²) in [6, 6.07) is 7.71. The van der Waals surface area contributed by atoms with Crippen LogP contribution in [0.5, 0.6) is 0 Å². The highest BCUT2D eigenvalue weighted by molar-refractivity contribution is 6.30. The molecule has 0 amide bonds. The fraction of sp³-hybridized carbons (Fsp3) is 0.417. The Balaban J connectivity index is 1.91. The number of rotatable bonds is 2. The lowest BCUT2D eigenvalue weighted by Crippen LogP contribution is -2.41. The molecule has 1 aromatic carbocycles. The van der Waals surface area contributed by atoms with Crippen molar-refractivity contribution in [3.05, 3.63) is 34.9 Å². The molecular formula is C12H16ClN3. The van der Waals surface area contributed by atoms with Crippen LogP contribution in [0.15, 0.2) is 29.4 Å². The van der Waals surface area contributed by atoms with E-state index in [4.69, 9.17) is 11.6 Å². The summed E-state index contributed by atoms with van der Waals surface area (Å²) < 4.78 is 0. The topological polar surface area (TPSA) is 18.8 Å². The highest BCUT2D eigenvalue weighted by atomic mass is 35.5. The van der Waals surface area contributed by atoms with Gasteiger partial charge in [-0.15, -0.1) is 0 Å². The molecule has 1 aliphatic heterocycles. The summed E-state index contributed by atoms with van der Waals surface area (Å²) >= 11 is 5.82. The molecule has 0 bridgehead atoms. The average Bonchev–Trinajstić information content (AvgIpc) is 2.30. The lowest BCUT2D eigenvalue weighted by atomic mass is 10.2. The third-order valence-electron chi connectivity index (χ3n) is 2.72. The van der Waals surface area contributed by atoms with Crippen LogP contribution < -0.4 is 0 Å². The molecule has 3 nitrogen and oxygen atoms in total. The van der Waals surface area contributed by atoms with Crippen LogP contribution in [0.4, 0.5) is 0 Å². The first kappa shape index (κ1) is 11.4. The molecule has 1 aromatic rings. The van der Waals surface area contributed by atoms with Gasteiger partial charge in [-0.25, -0.2) is 0 Å². The maximum Gasteiger partial charge on any atom is 0.0542 e. The van der Waals surface area contributed by atoms with E-state index >= 15 is 0 Å². The molecule has 86 valence electrons. The fourth-order valence-corrected chi connectivity index (χ4v) is 1.73. The van der Waals surface area contributed by atoms with Crippen LogP contribution in [-0.4, -0.2) is 49.4 Å². The van der Waals surface area contributed by atoms with E-state index in [9.17, 15) is 0 Å². The van der Waals surface area contributed by atoms with Gasteiger partial charge in [0.25, 0.3) is 0 Å². The van der Waals surface area contributed by atoms with E-state index in [1.807, 2.05) is 30.5 Å². The van der Waals surface area contributed by atoms with Crippen LogP contribution in [0.1, 0.15) is 5.56 Å². The zero-order valence-electron chi connectivity index (χ0n) is 9.43. The molecular weight excluding hydrogens is 222 g/mol. The SMILES string of the molecule is CN1CCN(/N=C/c2ccc(Cl)cc2)CC1. The Morgan fingerprint density at radius 1 is 1.12 bits per heavy atom. The maximum atomic E-state index is 5.82. The van der Waals surface area contributed by atoms with Crippen molar-refractivity contribution in [2.75, 3.05) is 33.2 Å². The van der Waals surface area contributed by atoms with E-state index in [0.29, 0.717) is 0 Å². The molecule has 0 aromatic heterocycles. The Labute approximate surface area is 101 Å². The molecule has 0 atom stereocenters. The Hall–Kier alpha value is -1.06. The van der Waals surface area contributed by atoms with Gasteiger partial charge < -0.3 is 4.90 Å². The molecule has 0 radical (unpaired) electrons. The summed E-state index contributed by atoms with van der Waals surface area (Å²) in [6.07, 6.45) is 1.89. The first-order valence-electron chi connectivity index (χ1n) is 5.47. The Morgan fingerprint density at radius 2 is 1.75 bits per heavy atom. The molecule has 4 heteroatoms. The Morgan fingerprint density at radius 3 is 2.38 bits per heavy atom. The summed E-state index contributed by atoms with van der Waals surface area (Å²) in [5.74, 6) is 0. The Bertz CT molecular complexity index is 353. The first-order valence-corrected chi connectivity index (χ1v) is 5.85. The number of hydrogen-bond acceptors (Lipinski definition) is 3. The van der Waals surface area contributed by atoms with Crippen LogP contribution in [0.3, 0.4) is 0 Å². The molecule has 1 heterocycles. The summed E-state index contributed by atoms with van der Waals surface area (Å²) in [6.45, 7) is 4.16. The van der Waals surface area contributed by atoms with Crippen molar-refractivity contribution < 1.29 is 0 Å². The number of piperazine rings is 1. The smallest absolute Gasteiger partial charge is 0.0542 e. The van der Waals surface area contributed by atoms with Gasteiger partial charge in [0, 0.05) is 31.2 Å². The zero-order valence-corrected chi connectivity index (χ0v) is 10.2. The van der Waals surface area contributed by atoms with Gasteiger partial charge in [-0.2, -0.15) is 5.10 Å². The number of likely N-dealkylation sites (N-methyl/N-ethyl adjacent to an activating group) is 1. The maximum absolute atomic E-state index is 5.82. The lowest BCUT2D eigenvalue weighted by Gasteiger charge is -2.30. The molecule has 0 aliphatic carbocycles. The first-order chi connectivity index (χ1) is 7.74. The van der Waals surface area contributed by atoms with Crippen LogP contribution in [0, 0.1) is 0 Å². The van der Waals surface area contributed by atoms with Crippen LogP contribution >= 0.6 is 11.6 Å². The highest BCUT2D eigenvalue weighted by Crippen LogP contribution is 2.08. The van der Waals surface area contributed by atoms with Gasteiger partial charge in [0.2, 0.25) is 0 Å². The molecule has 0 N–H and O–H groups in total. The molecule has 2 rings (SSSR count). The molecule has 1 fully saturated rings. The van der Waals surface area contributed by atoms with Crippen LogP contribution in [-0.2, 0) is 0 Å². The highest BCUT2D eigenvalue weighted by Gasteiger charge is 2.10. The van der Waals surface area contributed by atoms with Crippen molar-refractivity contribution in [2.24, 2.45) is 5.10 Å². The molecule has 1 aliphatic rings. The van der Waals surface area contributed by atoms with Gasteiger partial charge in [0.05, 0.1) is 6.21 Å². The normalized spacial score (nSPS) is 18.2. The molecule has 16 heavy (non-hydrogen) atoms. The minimum atomic E-state index is 0.761. The second kappa shape index (κ2) is 5.32. The molecule has 0 spiro atoms. The van der Waals surface area contributed by atoms with Crippen molar-refractivity contribution in [3.8, 4) is 0 Å². The minimum Gasteiger partial charge on any atom is -0.303 e. The Kier molecular flexibility index (Phi) is 3.80. The third-order valence-corrected chi connectivity index (χ3v) is 2.97. The number of nitrogens with zero attached hydrogens (tertiary/aromatic N) is 3. The van der Waals surface area contributed by atoms with E-state index in [2.05, 4.69) is 22.1 Å². The monoisotopic (exact) mass is 237 g/mol. The van der Waals surface area contributed by atoms with E-state index in [1.165, 1.54) is 0 Å². The van der Waals surface area contributed by atoms with Crippen molar-refractivity contribution >= 4 is 17.8 Å². The van der Waals surface area contributed by atoms with E-state index < -0.39 is 0 Å². The van der Waals surface area contributed by atoms with Gasteiger partial charge >= 0.3 is 0 Å². The minimum absolute atomic E-state index is 0.761. The molecule has 1 saturated heterocycles. The molecule has 0 unspecified atom stereocenters. The van der Waals surface area contributed by atoms with Gasteiger partial charge in [-0.3, -0.25) is 5.01 Å². The second-order valence-corrected chi connectivity index (χ2v) is 4.49. The zero-order chi connectivity index (χ0) is 11.4. The van der Waals surface area contributed by atoms with E-state index in [0.717, 1.165) is 36.8 Å². The van der Waals surface area contributed by atoms with Crippen molar-refractivity contribution in [2.45, 2.75) is 0 Å². The van der Waals surface area contributed by atoms with Crippen molar-refractivity contribution in [3.63, 3.8) is 0 Å².